The van der Waals surface area contributed by atoms with Gasteiger partial charge in [-0.05, 0) is 54.5 Å². The molecule has 0 unspecified atom stereocenters. The molecule has 0 saturated carbocycles. The van der Waals surface area contributed by atoms with Gasteiger partial charge in [0.2, 0.25) is 0 Å². The molecule has 0 radical (unpaired) electrons. The highest BCUT2D eigenvalue weighted by atomic mass is 19.2. The van der Waals surface area contributed by atoms with Crippen LogP contribution in [0.3, 0.4) is 0 Å². The number of aryl methyl sites for hydroxylation is 1. The lowest BCUT2D eigenvalue weighted by Crippen LogP contribution is -1.99. The lowest BCUT2D eigenvalue weighted by atomic mass is 9.97. The summed E-state index contributed by atoms with van der Waals surface area (Å²) in [5.41, 5.74) is 3.03. The third-order valence-electron chi connectivity index (χ3n) is 5.34. The number of hydrogen-bond donors (Lipinski definition) is 0. The molecule has 0 aliphatic heterocycles. The molecule has 3 aromatic carbocycles. The van der Waals surface area contributed by atoms with Crippen LogP contribution in [-0.2, 0) is 11.2 Å². The number of benzene rings is 3. The summed E-state index contributed by atoms with van der Waals surface area (Å²) in [6, 6.07) is 18.1. The largest absolute Gasteiger partial charge is 0.494 e. The van der Waals surface area contributed by atoms with E-state index in [1.54, 1.807) is 43.5 Å². The van der Waals surface area contributed by atoms with Crippen LogP contribution in [0, 0.1) is 11.6 Å². The second kappa shape index (κ2) is 11.6. The quantitative estimate of drug-likeness (QED) is 0.298. The average Bonchev–Trinajstić information content (AvgIpc) is 2.80. The molecule has 4 heteroatoms. The van der Waals surface area contributed by atoms with Gasteiger partial charge < -0.3 is 9.47 Å². The molecule has 2 nitrogen and oxygen atoms in total. The van der Waals surface area contributed by atoms with Crippen molar-refractivity contribution in [2.24, 2.45) is 0 Å². The summed E-state index contributed by atoms with van der Waals surface area (Å²) in [6.07, 6.45) is 5.09. The van der Waals surface area contributed by atoms with Crippen molar-refractivity contribution in [3.05, 3.63) is 77.9 Å². The Morgan fingerprint density at radius 1 is 0.677 bits per heavy atom. The number of ether oxygens (including phenoxy) is 2. The van der Waals surface area contributed by atoms with Gasteiger partial charge in [0, 0.05) is 24.8 Å². The fraction of sp³-hybridized carbons (Fsp3) is 0.333. The zero-order chi connectivity index (χ0) is 22.1. The third-order valence-corrected chi connectivity index (χ3v) is 5.34. The van der Waals surface area contributed by atoms with Crippen LogP contribution in [0.25, 0.3) is 22.3 Å². The summed E-state index contributed by atoms with van der Waals surface area (Å²) < 4.78 is 40.5. The number of hydrogen-bond acceptors (Lipinski definition) is 2. The number of rotatable bonds is 11. The first-order valence-corrected chi connectivity index (χ1v) is 10.9. The maximum absolute atomic E-state index is 14.9. The molecule has 0 atom stereocenters. The summed E-state index contributed by atoms with van der Waals surface area (Å²) in [5.74, 6) is -0.945. The Labute approximate surface area is 183 Å². The molecule has 0 saturated heterocycles. The highest BCUT2D eigenvalue weighted by Gasteiger charge is 2.16. The second-order valence-corrected chi connectivity index (χ2v) is 7.66. The minimum Gasteiger partial charge on any atom is -0.494 e. The zero-order valence-electron chi connectivity index (χ0n) is 18.3. The minimum absolute atomic E-state index is 0.243. The van der Waals surface area contributed by atoms with Gasteiger partial charge in [-0.15, -0.1) is 0 Å². The van der Waals surface area contributed by atoms with E-state index >= 15 is 0 Å². The molecular weight excluding hydrogens is 394 g/mol. The van der Waals surface area contributed by atoms with Crippen molar-refractivity contribution in [2.45, 2.75) is 39.0 Å². The van der Waals surface area contributed by atoms with E-state index in [4.69, 9.17) is 9.47 Å². The minimum atomic E-state index is -0.833. The van der Waals surface area contributed by atoms with Crippen LogP contribution in [0.2, 0.25) is 0 Å². The Balaban J connectivity index is 1.71. The molecule has 31 heavy (non-hydrogen) atoms. The molecule has 0 heterocycles. The number of halogens is 2. The lowest BCUT2D eigenvalue weighted by molar-refractivity contribution is 0.184. The van der Waals surface area contributed by atoms with Crippen molar-refractivity contribution in [1.29, 1.82) is 0 Å². The van der Waals surface area contributed by atoms with Crippen molar-refractivity contribution in [3.8, 4) is 28.0 Å². The van der Waals surface area contributed by atoms with E-state index in [9.17, 15) is 8.78 Å². The first-order valence-electron chi connectivity index (χ1n) is 10.9. The Morgan fingerprint density at radius 2 is 1.23 bits per heavy atom. The molecule has 164 valence electrons. The van der Waals surface area contributed by atoms with Crippen molar-refractivity contribution in [2.75, 3.05) is 20.3 Å². The molecule has 0 aromatic heterocycles. The number of methoxy groups -OCH3 is 1. The lowest BCUT2D eigenvalue weighted by Gasteiger charge is -2.11. The molecule has 3 aromatic rings. The molecule has 3 rings (SSSR count). The topological polar surface area (TPSA) is 18.5 Å². The van der Waals surface area contributed by atoms with Gasteiger partial charge in [-0.25, -0.2) is 8.78 Å². The molecule has 0 aliphatic rings. The fourth-order valence-electron chi connectivity index (χ4n) is 3.50. The van der Waals surface area contributed by atoms with E-state index in [-0.39, 0.29) is 11.1 Å². The molecule has 0 spiro atoms. The maximum atomic E-state index is 14.9. The van der Waals surface area contributed by atoms with Crippen LogP contribution in [0.1, 0.15) is 38.2 Å². The summed E-state index contributed by atoms with van der Waals surface area (Å²) in [4.78, 5) is 0. The van der Waals surface area contributed by atoms with Gasteiger partial charge in [-0.3, -0.25) is 0 Å². The average molecular weight is 425 g/mol. The summed E-state index contributed by atoms with van der Waals surface area (Å²) in [7, 11) is 1.68. The standard InChI is InChI=1S/C27H30F2O2/c1-3-4-7-20-8-10-21(11-9-20)24-16-17-25(27(29)26(24)28)22-12-14-23(15-13-22)31-19-6-5-18-30-2/h8-17H,3-7,18-19H2,1-2H3. The molecular formula is C27H30F2O2. The van der Waals surface area contributed by atoms with E-state index < -0.39 is 11.6 Å². The summed E-state index contributed by atoms with van der Waals surface area (Å²) in [6.45, 7) is 3.46. The van der Waals surface area contributed by atoms with Crippen LogP contribution >= 0.6 is 0 Å². The van der Waals surface area contributed by atoms with E-state index in [0.29, 0.717) is 30.1 Å². The summed E-state index contributed by atoms with van der Waals surface area (Å²) in [5, 5.41) is 0. The van der Waals surface area contributed by atoms with Crippen LogP contribution in [-0.4, -0.2) is 20.3 Å². The van der Waals surface area contributed by atoms with E-state index in [0.717, 1.165) is 32.1 Å². The SMILES string of the molecule is CCCCc1ccc(-c2ccc(-c3ccc(OCCCCOC)cc3)c(F)c2F)cc1. The first kappa shape index (κ1) is 23.0. The van der Waals surface area contributed by atoms with Crippen molar-refractivity contribution >= 4 is 0 Å². The maximum Gasteiger partial charge on any atom is 0.167 e. The highest BCUT2D eigenvalue weighted by Crippen LogP contribution is 2.32. The van der Waals surface area contributed by atoms with Gasteiger partial charge in [0.1, 0.15) is 5.75 Å². The Bertz CT molecular complexity index is 950. The third kappa shape index (κ3) is 6.14. The number of unbranched alkanes of at least 4 members (excludes halogenated alkanes) is 2. The molecule has 0 amide bonds. The van der Waals surface area contributed by atoms with E-state index in [1.165, 1.54) is 5.56 Å². The zero-order valence-corrected chi connectivity index (χ0v) is 18.3. The van der Waals surface area contributed by atoms with Crippen LogP contribution in [0.15, 0.2) is 60.7 Å². The van der Waals surface area contributed by atoms with Crippen LogP contribution in [0.4, 0.5) is 8.78 Å². The van der Waals surface area contributed by atoms with Gasteiger partial charge in [0.25, 0.3) is 0 Å². The fourth-order valence-corrected chi connectivity index (χ4v) is 3.50. The van der Waals surface area contributed by atoms with Crippen LogP contribution in [0.5, 0.6) is 5.75 Å². The Morgan fingerprint density at radius 3 is 1.77 bits per heavy atom. The van der Waals surface area contributed by atoms with Crippen molar-refractivity contribution < 1.29 is 18.3 Å². The van der Waals surface area contributed by atoms with Crippen LogP contribution < -0.4 is 4.74 Å². The monoisotopic (exact) mass is 424 g/mol. The van der Waals surface area contributed by atoms with E-state index in [2.05, 4.69) is 6.92 Å². The Hall–Kier alpha value is -2.72. The van der Waals surface area contributed by atoms with E-state index in [1.807, 2.05) is 24.3 Å². The smallest absolute Gasteiger partial charge is 0.167 e. The first-order chi connectivity index (χ1) is 15.1. The van der Waals surface area contributed by atoms with Gasteiger partial charge in [0.15, 0.2) is 11.6 Å². The van der Waals surface area contributed by atoms with Gasteiger partial charge in [-0.1, -0.05) is 61.9 Å². The van der Waals surface area contributed by atoms with Gasteiger partial charge in [-0.2, -0.15) is 0 Å². The predicted molar refractivity (Wildman–Crippen MR) is 122 cm³/mol. The second-order valence-electron chi connectivity index (χ2n) is 7.66. The molecule has 0 N–H and O–H groups in total. The molecule has 0 bridgehead atoms. The molecule has 0 fully saturated rings. The van der Waals surface area contributed by atoms with Crippen molar-refractivity contribution in [3.63, 3.8) is 0 Å². The van der Waals surface area contributed by atoms with Gasteiger partial charge in [0.05, 0.1) is 6.61 Å². The normalized spacial score (nSPS) is 11.0. The predicted octanol–water partition coefficient (Wildman–Crippen LogP) is 7.45. The van der Waals surface area contributed by atoms with Gasteiger partial charge >= 0.3 is 0 Å². The molecule has 0 aliphatic carbocycles. The summed E-state index contributed by atoms with van der Waals surface area (Å²) >= 11 is 0. The van der Waals surface area contributed by atoms with Crippen molar-refractivity contribution in [1.82, 2.24) is 0 Å². The highest BCUT2D eigenvalue weighted by molar-refractivity contribution is 5.72. The Kier molecular flexibility index (Phi) is 8.60.